The molecule has 0 aliphatic carbocycles. The van der Waals surface area contributed by atoms with Gasteiger partial charge in [0.15, 0.2) is 0 Å². The zero-order valence-corrected chi connectivity index (χ0v) is 34.3. The second kappa shape index (κ2) is 11.6. The van der Waals surface area contributed by atoms with Crippen LogP contribution in [0.2, 0.25) is 99.2 Å². The van der Waals surface area contributed by atoms with E-state index in [-0.39, 0.29) is 13.9 Å². The van der Waals surface area contributed by atoms with E-state index in [2.05, 4.69) is 132 Å². The van der Waals surface area contributed by atoms with Crippen LogP contribution < -0.4 is 4.98 Å². The molecule has 0 amide bonds. The molecule has 0 fully saturated rings. The van der Waals surface area contributed by atoms with Gasteiger partial charge in [0.1, 0.15) is 7.75 Å². The van der Waals surface area contributed by atoms with Crippen LogP contribution in [0.4, 0.5) is 0 Å². The summed E-state index contributed by atoms with van der Waals surface area (Å²) < 4.78 is 0. The number of nitrogens with one attached hydrogen (secondary N) is 1. The highest BCUT2D eigenvalue weighted by atomic mass is 29.6. The fraction of sp³-hybridized carbons (Fsp3) is 1.00. The summed E-state index contributed by atoms with van der Waals surface area (Å²) in [7, 11) is -4.63. The summed E-state index contributed by atoms with van der Waals surface area (Å²) >= 11 is 0. The summed E-state index contributed by atoms with van der Waals surface area (Å²) in [6.07, 6.45) is 0. The normalized spacial score (nSPS) is 17.3. The first kappa shape index (κ1) is 34.7. The fourth-order valence-corrected chi connectivity index (χ4v) is 104. The smallest absolute Gasteiger partial charge is 0.128 e. The minimum absolute atomic E-state index is 0.215. The highest BCUT2D eigenvalue weighted by molar-refractivity contribution is 7.46. The summed E-state index contributed by atoms with van der Waals surface area (Å²) in [5, 5.41) is 0. The summed E-state index contributed by atoms with van der Waals surface area (Å²) in [6, 6.07) is 0. The first-order chi connectivity index (χ1) is 14.2. The molecule has 0 spiro atoms. The summed E-state index contributed by atoms with van der Waals surface area (Å²) in [4.78, 5) is 6.70. The Hall–Kier alpha value is 1.70. The maximum atomic E-state index is 4.56. The number of rotatable bonds is 11. The number of hydrogen-bond donors (Lipinski definition) is 1. The molecule has 0 aliphatic heterocycles. The van der Waals surface area contributed by atoms with Gasteiger partial charge in [-0.05, 0) is 47.4 Å². The lowest BCUT2D eigenvalue weighted by Gasteiger charge is -2.54. The Labute approximate surface area is 221 Å². The lowest BCUT2D eigenvalue weighted by Crippen LogP contribution is -2.74. The lowest BCUT2D eigenvalue weighted by atomic mass is 10.1. The minimum atomic E-state index is -1.71. The lowest BCUT2D eigenvalue weighted by molar-refractivity contribution is 0.509. The Bertz CT molecular complexity index is 614. The average molecular weight is 589 g/mol. The van der Waals surface area contributed by atoms with Crippen LogP contribution in [0.5, 0.6) is 0 Å². The van der Waals surface area contributed by atoms with Gasteiger partial charge >= 0.3 is 0 Å². The Morgan fingerprint density at radius 3 is 1.21 bits per heavy atom. The van der Waals surface area contributed by atoms with Crippen molar-refractivity contribution in [2.24, 2.45) is 0 Å². The molecule has 0 aromatic carbocycles. The molecule has 0 aromatic rings. The maximum absolute atomic E-state index is 4.56. The zero-order valence-electron chi connectivity index (χ0n) is 26.3. The molecule has 9 heteroatoms. The van der Waals surface area contributed by atoms with Gasteiger partial charge in [-0.2, -0.15) is 0 Å². The highest BCUT2D eigenvalue weighted by Crippen LogP contribution is 2.44. The fourth-order valence-electron chi connectivity index (χ4n) is 7.04. The molecule has 3 radical (unpaired) electrons. The van der Waals surface area contributed by atoms with Gasteiger partial charge in [-0.3, -0.25) is 0 Å². The predicted molar refractivity (Wildman–Crippen MR) is 177 cm³/mol. The molecule has 0 bridgehead atoms. The molecule has 195 valence electrons. The van der Waals surface area contributed by atoms with Crippen LogP contribution in [0.15, 0.2) is 0 Å². The predicted octanol–water partition coefficient (Wildman–Crippen LogP) is 8.20. The van der Waals surface area contributed by atoms with E-state index in [0.717, 1.165) is 20.7 Å². The monoisotopic (exact) mass is 588 g/mol. The first-order valence-electron chi connectivity index (χ1n) is 13.4. The second-order valence-corrected chi connectivity index (χ2v) is 58.4. The SMILES string of the molecule is CC(C)[Si]([Si]=[Si][Si](NC(C)(C)C)(C(C)C)C([Si](C)(C)C)[Si](C)(C)C)C([Si](C)(C)C)[Si](C)(C)C. The Kier molecular flexibility index (Phi) is 12.2. The quantitative estimate of drug-likeness (QED) is 0.240. The van der Waals surface area contributed by atoms with Crippen molar-refractivity contribution < 1.29 is 0 Å². The molecule has 1 unspecified atom stereocenters. The van der Waals surface area contributed by atoms with E-state index < -0.39 is 40.0 Å². The third-order valence-electron chi connectivity index (χ3n) is 6.76. The van der Waals surface area contributed by atoms with Crippen LogP contribution in [-0.2, 0) is 0 Å². The highest BCUT2D eigenvalue weighted by Gasteiger charge is 2.55. The number of hydrogen-bond acceptors (Lipinski definition) is 1. The summed E-state index contributed by atoms with van der Waals surface area (Å²) in [6.45, 7) is 50.2. The molecule has 0 aromatic heterocycles. The van der Waals surface area contributed by atoms with Gasteiger partial charge in [0.25, 0.3) is 0 Å². The minimum Gasteiger partial charge on any atom is -0.332 e. The topological polar surface area (TPSA) is 12.0 Å². The van der Waals surface area contributed by atoms with Crippen LogP contribution in [0.25, 0.3) is 0 Å². The van der Waals surface area contributed by atoms with E-state index in [1.54, 1.807) is 0 Å². The average Bonchev–Trinajstić information content (AvgIpc) is 2.42. The third-order valence-corrected chi connectivity index (χ3v) is 68.0. The molecule has 0 saturated heterocycles. The van der Waals surface area contributed by atoms with E-state index in [4.69, 9.17) is 0 Å². The van der Waals surface area contributed by atoms with E-state index >= 15 is 0 Å². The summed E-state index contributed by atoms with van der Waals surface area (Å²) in [5.41, 5.74) is 1.95. The second-order valence-electron chi connectivity index (χ2n) is 16.6. The van der Waals surface area contributed by atoms with Gasteiger partial charge < -0.3 is 4.98 Å². The Morgan fingerprint density at radius 1 is 0.636 bits per heavy atom. The molecular weight excluding hydrogens is 527 g/mol. The van der Waals surface area contributed by atoms with Crippen LogP contribution in [0.1, 0.15) is 48.5 Å². The molecule has 0 heterocycles. The Morgan fingerprint density at radius 2 is 1.00 bits per heavy atom. The first-order valence-corrected chi connectivity index (χ1v) is 36.5. The largest absolute Gasteiger partial charge is 0.332 e. The molecule has 1 atom stereocenters. The van der Waals surface area contributed by atoms with Crippen molar-refractivity contribution in [2.75, 3.05) is 0 Å². The molecule has 1 nitrogen and oxygen atoms in total. The van der Waals surface area contributed by atoms with Gasteiger partial charge in [-0.1, -0.05) is 117 Å². The van der Waals surface area contributed by atoms with Crippen LogP contribution >= 0.6 is 0 Å². The standard InChI is InChI=1S/C24H62NSi8/c1-20(2)28(22(29(8,9)10)30(11,12)13)26-27-33(21(3)4,25-24(5,6)7)23(31(14,15)16)32(17,18)19/h20-23,25H,1-19H3. The third kappa shape index (κ3) is 10.2. The van der Waals surface area contributed by atoms with E-state index in [0.29, 0.717) is 0 Å². The summed E-state index contributed by atoms with van der Waals surface area (Å²) in [5.74, 6) is 0. The van der Waals surface area contributed by atoms with Crippen molar-refractivity contribution in [3.63, 3.8) is 0 Å². The molecule has 0 rings (SSSR count). The molecule has 0 saturated carbocycles. The molecule has 0 aliphatic rings. The van der Waals surface area contributed by atoms with Crippen molar-refractivity contribution in [3.05, 3.63) is 0 Å². The molecule has 1 N–H and O–H groups in total. The maximum Gasteiger partial charge on any atom is 0.128 e. The van der Waals surface area contributed by atoms with E-state index in [9.17, 15) is 0 Å². The van der Waals surface area contributed by atoms with Gasteiger partial charge in [-0.15, -0.1) is 0 Å². The Balaban J connectivity index is 7.20. The van der Waals surface area contributed by atoms with E-state index in [1.165, 1.54) is 16.3 Å². The molecule has 33 heavy (non-hydrogen) atoms. The zero-order chi connectivity index (χ0) is 27.0. The van der Waals surface area contributed by atoms with Gasteiger partial charge in [0.05, 0.1) is 8.31 Å². The van der Waals surface area contributed by atoms with Crippen LogP contribution in [-0.4, -0.2) is 70.2 Å². The van der Waals surface area contributed by atoms with Crippen molar-refractivity contribution >= 4 is 64.6 Å². The van der Waals surface area contributed by atoms with Crippen molar-refractivity contribution in [1.82, 2.24) is 4.98 Å². The van der Waals surface area contributed by atoms with Crippen molar-refractivity contribution in [3.8, 4) is 0 Å². The van der Waals surface area contributed by atoms with Crippen LogP contribution in [0, 0.1) is 0 Å². The van der Waals surface area contributed by atoms with Gasteiger partial charge in [0, 0.05) is 37.8 Å². The molecular formula is C24H62NSi8. The van der Waals surface area contributed by atoms with Crippen molar-refractivity contribution in [2.45, 2.75) is 153 Å². The van der Waals surface area contributed by atoms with Crippen LogP contribution in [0.3, 0.4) is 0 Å². The van der Waals surface area contributed by atoms with Crippen molar-refractivity contribution in [1.29, 1.82) is 0 Å². The van der Waals surface area contributed by atoms with Gasteiger partial charge in [0.2, 0.25) is 0 Å². The van der Waals surface area contributed by atoms with Gasteiger partial charge in [-0.25, -0.2) is 0 Å². The van der Waals surface area contributed by atoms with E-state index in [1.807, 2.05) is 0 Å².